The third-order valence-electron chi connectivity index (χ3n) is 8.43. The van der Waals surface area contributed by atoms with Crippen molar-refractivity contribution in [1.82, 2.24) is 14.4 Å². The third-order valence-corrected chi connectivity index (χ3v) is 11.9. The van der Waals surface area contributed by atoms with Crippen LogP contribution in [0.1, 0.15) is 61.8 Å². The van der Waals surface area contributed by atoms with E-state index in [2.05, 4.69) is 9.88 Å². The summed E-state index contributed by atoms with van der Waals surface area (Å²) in [5, 5.41) is 14.0. The van der Waals surface area contributed by atoms with E-state index in [4.69, 9.17) is 14.0 Å². The summed E-state index contributed by atoms with van der Waals surface area (Å²) < 4.78 is 74.7. The van der Waals surface area contributed by atoms with Crippen LogP contribution in [0, 0.1) is 19.8 Å². The van der Waals surface area contributed by atoms with Gasteiger partial charge < -0.3 is 24.0 Å². The number of carbonyl (C=O) groups is 1. The minimum atomic E-state index is -4.11. The Bertz CT molecular complexity index is 1740. The summed E-state index contributed by atoms with van der Waals surface area (Å²) >= 11 is 0. The van der Waals surface area contributed by atoms with E-state index in [1.54, 1.807) is 31.2 Å². The van der Waals surface area contributed by atoms with Crippen LogP contribution in [0.5, 0.6) is 5.75 Å². The third kappa shape index (κ3) is 8.74. The van der Waals surface area contributed by atoms with Gasteiger partial charge in [-0.25, -0.2) is 16.8 Å². The summed E-state index contributed by atoms with van der Waals surface area (Å²) in [5.41, 5.74) is 0.423. The normalized spacial score (nSPS) is 20.9. The highest BCUT2D eigenvalue weighted by atomic mass is 32.2. The van der Waals surface area contributed by atoms with Crippen LogP contribution < -0.4 is 9.46 Å². The fraction of sp³-hybridized carbons (Fsp3) is 0.515. The maximum absolute atomic E-state index is 14.4. The lowest BCUT2D eigenvalue weighted by atomic mass is 10.0. The Hall–Kier alpha value is -3.50. The molecular formula is C33H46N4O9S2. The van der Waals surface area contributed by atoms with Gasteiger partial charge in [-0.2, -0.15) is 4.31 Å². The number of fused-ring (bicyclic) bond motifs is 1. The Balaban J connectivity index is 1.69. The van der Waals surface area contributed by atoms with E-state index >= 15 is 0 Å². The van der Waals surface area contributed by atoms with Gasteiger partial charge in [0.25, 0.3) is 15.9 Å². The summed E-state index contributed by atoms with van der Waals surface area (Å²) in [6.45, 7) is 8.66. The number of hydrogen-bond donors (Lipinski definition) is 2. The predicted molar refractivity (Wildman–Crippen MR) is 180 cm³/mol. The number of anilines is 1. The molecule has 3 aromatic rings. The highest BCUT2D eigenvalue weighted by Gasteiger charge is 2.33. The van der Waals surface area contributed by atoms with Crippen LogP contribution in [0.3, 0.4) is 0 Å². The first-order valence-electron chi connectivity index (χ1n) is 16.0. The van der Waals surface area contributed by atoms with E-state index in [0.29, 0.717) is 19.4 Å². The van der Waals surface area contributed by atoms with Crippen molar-refractivity contribution < 1.29 is 40.7 Å². The molecule has 48 heavy (non-hydrogen) atoms. The van der Waals surface area contributed by atoms with Crippen LogP contribution in [-0.2, 0) is 24.8 Å². The molecule has 2 heterocycles. The zero-order chi connectivity index (χ0) is 35.2. The molecule has 0 fully saturated rings. The van der Waals surface area contributed by atoms with Gasteiger partial charge in [0, 0.05) is 38.3 Å². The second-order valence-electron chi connectivity index (χ2n) is 12.4. The molecule has 1 aromatic heterocycles. The molecule has 13 nitrogen and oxygen atoms in total. The van der Waals surface area contributed by atoms with Gasteiger partial charge in [-0.05, 0) is 77.3 Å². The van der Waals surface area contributed by atoms with Gasteiger partial charge in [-0.1, -0.05) is 30.3 Å². The quantitative estimate of drug-likeness (QED) is 0.329. The molecular weight excluding hydrogens is 661 g/mol. The van der Waals surface area contributed by atoms with Gasteiger partial charge in [0.15, 0.2) is 10.7 Å². The van der Waals surface area contributed by atoms with Gasteiger partial charge in [0.05, 0.1) is 35.3 Å². The van der Waals surface area contributed by atoms with Crippen molar-refractivity contribution in [3.05, 3.63) is 65.5 Å². The molecule has 0 unspecified atom stereocenters. The van der Waals surface area contributed by atoms with E-state index < -0.39 is 38.1 Å². The van der Waals surface area contributed by atoms with Gasteiger partial charge in [-0.3, -0.25) is 9.52 Å². The maximum atomic E-state index is 14.4. The standard InChI is InChI=1S/C33H46N4O9S2/c1-22-19-37(23(2)21-38)33(39)29-18-27(35-47(40,41)32-25(4)34-46-26(32)5)15-16-30(29)45-24(3)12-10-11-17-44-31(22)20-36(6)48(42,43)28-13-8-7-9-14-28/h7-9,13-16,18,22-24,31,35,38H,10-12,17,19-21H2,1-6H3/t22-,23+,24-,31-/m1/s1. The molecule has 0 aliphatic carbocycles. The number of nitrogens with one attached hydrogen (secondary N) is 1. The number of rotatable bonds is 9. The lowest BCUT2D eigenvalue weighted by molar-refractivity contribution is -0.00833. The number of ether oxygens (including phenoxy) is 2. The number of amides is 1. The number of hydrogen-bond acceptors (Lipinski definition) is 10. The summed E-state index contributed by atoms with van der Waals surface area (Å²) in [6, 6.07) is 12.0. The molecule has 1 amide bonds. The van der Waals surface area contributed by atoms with Gasteiger partial charge in [-0.15, -0.1) is 0 Å². The van der Waals surface area contributed by atoms with Crippen molar-refractivity contribution in [1.29, 1.82) is 0 Å². The average molecular weight is 707 g/mol. The van der Waals surface area contributed by atoms with Crippen LogP contribution in [0.2, 0.25) is 0 Å². The molecule has 4 atom stereocenters. The fourth-order valence-electron chi connectivity index (χ4n) is 5.64. The first-order chi connectivity index (χ1) is 22.6. The van der Waals surface area contributed by atoms with E-state index in [1.807, 2.05) is 13.8 Å². The predicted octanol–water partition coefficient (Wildman–Crippen LogP) is 4.21. The molecule has 0 radical (unpaired) electrons. The number of nitrogens with zero attached hydrogens (tertiary/aromatic N) is 3. The van der Waals surface area contributed by atoms with Crippen LogP contribution >= 0.6 is 0 Å². The molecule has 0 saturated heterocycles. The molecule has 0 saturated carbocycles. The molecule has 2 N–H and O–H groups in total. The Labute approximate surface area is 283 Å². The lowest BCUT2D eigenvalue weighted by Gasteiger charge is -2.35. The van der Waals surface area contributed by atoms with Crippen LogP contribution in [-0.4, -0.2) is 93.8 Å². The number of benzene rings is 2. The van der Waals surface area contributed by atoms with Crippen LogP contribution in [0.25, 0.3) is 0 Å². The fourth-order valence-corrected chi connectivity index (χ4v) is 8.22. The van der Waals surface area contributed by atoms with Gasteiger partial charge in [0.1, 0.15) is 11.4 Å². The van der Waals surface area contributed by atoms with Crippen molar-refractivity contribution in [3.8, 4) is 5.75 Å². The number of likely N-dealkylation sites (N-methyl/N-ethyl adjacent to an activating group) is 1. The Morgan fingerprint density at radius 2 is 1.79 bits per heavy atom. The van der Waals surface area contributed by atoms with Gasteiger partial charge >= 0.3 is 0 Å². The minimum absolute atomic E-state index is 0.0393. The SMILES string of the molecule is Cc1noc(C)c1S(=O)(=O)Nc1ccc2c(c1)C(=O)N([C@@H](C)CO)C[C@@H](C)[C@@H](CN(C)S(=O)(=O)c1ccccc1)OCCCC[C@@H](C)O2. The monoisotopic (exact) mass is 706 g/mol. The number of aliphatic hydroxyl groups is 1. The molecule has 2 aromatic carbocycles. The van der Waals surface area contributed by atoms with E-state index in [0.717, 1.165) is 6.42 Å². The topological polar surface area (TPSA) is 169 Å². The molecule has 1 aliphatic rings. The van der Waals surface area contributed by atoms with Gasteiger partial charge in [0.2, 0.25) is 10.0 Å². The number of aryl methyl sites for hydroxylation is 2. The smallest absolute Gasteiger partial charge is 0.267 e. The second kappa shape index (κ2) is 15.8. The van der Waals surface area contributed by atoms with Crippen molar-refractivity contribution in [2.75, 3.05) is 38.1 Å². The van der Waals surface area contributed by atoms with E-state index in [1.165, 1.54) is 54.4 Å². The molecule has 0 bridgehead atoms. The Morgan fingerprint density at radius 1 is 1.08 bits per heavy atom. The van der Waals surface area contributed by atoms with Crippen LogP contribution in [0.4, 0.5) is 5.69 Å². The number of sulfonamides is 2. The molecule has 15 heteroatoms. The van der Waals surface area contributed by atoms with E-state index in [9.17, 15) is 26.7 Å². The highest BCUT2D eigenvalue weighted by Crippen LogP contribution is 2.30. The second-order valence-corrected chi connectivity index (χ2v) is 16.0. The number of carbonyl (C=O) groups excluding carboxylic acids is 1. The van der Waals surface area contributed by atoms with Crippen LogP contribution in [0.15, 0.2) is 62.8 Å². The summed E-state index contributed by atoms with van der Waals surface area (Å²) in [6.07, 6.45) is 1.24. The summed E-state index contributed by atoms with van der Waals surface area (Å²) in [5.74, 6) is -0.467. The van der Waals surface area contributed by atoms with Crippen molar-refractivity contribution >= 4 is 31.6 Å². The molecule has 4 rings (SSSR count). The lowest BCUT2D eigenvalue weighted by Crippen LogP contribution is -2.48. The zero-order valence-electron chi connectivity index (χ0n) is 28.2. The largest absolute Gasteiger partial charge is 0.490 e. The molecule has 264 valence electrons. The zero-order valence-corrected chi connectivity index (χ0v) is 29.9. The van der Waals surface area contributed by atoms with Crippen molar-refractivity contribution in [2.24, 2.45) is 5.92 Å². The Morgan fingerprint density at radius 3 is 2.44 bits per heavy atom. The Kier molecular flexibility index (Phi) is 12.3. The van der Waals surface area contributed by atoms with Crippen molar-refractivity contribution in [3.63, 3.8) is 0 Å². The molecule has 1 aliphatic heterocycles. The minimum Gasteiger partial charge on any atom is -0.490 e. The number of aliphatic hydroxyl groups excluding tert-OH is 1. The summed E-state index contributed by atoms with van der Waals surface area (Å²) in [4.78, 5) is 15.9. The summed E-state index contributed by atoms with van der Waals surface area (Å²) in [7, 11) is -6.41. The maximum Gasteiger partial charge on any atom is 0.267 e. The highest BCUT2D eigenvalue weighted by molar-refractivity contribution is 7.92. The first-order valence-corrected chi connectivity index (χ1v) is 18.9. The van der Waals surface area contributed by atoms with Crippen molar-refractivity contribution in [2.45, 2.75) is 81.9 Å². The number of aromatic nitrogens is 1. The average Bonchev–Trinajstić information content (AvgIpc) is 3.40. The van der Waals surface area contributed by atoms with E-state index in [-0.39, 0.29) is 70.0 Å². The molecule has 0 spiro atoms. The first kappa shape index (κ1) is 37.3.